The van der Waals surface area contributed by atoms with Crippen molar-refractivity contribution in [3.8, 4) is 0 Å². The normalized spacial score (nSPS) is 19.5. The number of nitrogens with zero attached hydrogens (tertiary/aromatic N) is 3. The fourth-order valence-corrected chi connectivity index (χ4v) is 3.24. The van der Waals surface area contributed by atoms with Crippen LogP contribution in [0.1, 0.15) is 35.3 Å². The molecule has 0 amide bonds. The summed E-state index contributed by atoms with van der Waals surface area (Å²) in [7, 11) is 0. The Balaban J connectivity index is 1.67. The molecule has 1 saturated heterocycles. The van der Waals surface area contributed by atoms with Crippen LogP contribution in [-0.2, 0) is 13.0 Å². The minimum absolute atomic E-state index is 0.491. The molecule has 3 rings (SSSR count). The molecular formula is C13H18N4S. The molecule has 1 aliphatic heterocycles. The Labute approximate surface area is 111 Å². The van der Waals surface area contributed by atoms with Crippen molar-refractivity contribution in [2.24, 2.45) is 0 Å². The number of hydrogen-bond acceptors (Lipinski definition) is 4. The number of aromatic nitrogens is 3. The van der Waals surface area contributed by atoms with Gasteiger partial charge in [0.15, 0.2) is 0 Å². The highest BCUT2D eigenvalue weighted by molar-refractivity contribution is 7.09. The number of aryl methyl sites for hydroxylation is 3. The van der Waals surface area contributed by atoms with Crippen LogP contribution in [-0.4, -0.2) is 21.1 Å². The van der Waals surface area contributed by atoms with Crippen LogP contribution in [0.2, 0.25) is 0 Å². The van der Waals surface area contributed by atoms with Crippen LogP contribution >= 0.6 is 11.3 Å². The third kappa shape index (κ3) is 2.47. The zero-order valence-corrected chi connectivity index (χ0v) is 11.4. The first kappa shape index (κ1) is 11.9. The zero-order valence-electron chi connectivity index (χ0n) is 10.6. The second-order valence-electron chi connectivity index (χ2n) is 4.79. The lowest BCUT2D eigenvalue weighted by molar-refractivity contribution is 0.562. The second-order valence-corrected chi connectivity index (χ2v) is 5.74. The SMILES string of the molecule is Cc1csc(CCn2cncc2C2CCCN2)n1. The summed E-state index contributed by atoms with van der Waals surface area (Å²) in [6.45, 7) is 4.15. The van der Waals surface area contributed by atoms with Gasteiger partial charge in [0.2, 0.25) is 0 Å². The van der Waals surface area contributed by atoms with E-state index >= 15 is 0 Å². The molecule has 0 saturated carbocycles. The molecule has 0 aliphatic carbocycles. The van der Waals surface area contributed by atoms with E-state index in [0.29, 0.717) is 6.04 Å². The van der Waals surface area contributed by atoms with Crippen molar-refractivity contribution in [1.82, 2.24) is 19.9 Å². The number of rotatable bonds is 4. The molecule has 1 fully saturated rings. The van der Waals surface area contributed by atoms with Gasteiger partial charge in [-0.1, -0.05) is 0 Å². The smallest absolute Gasteiger partial charge is 0.0948 e. The van der Waals surface area contributed by atoms with E-state index in [1.807, 2.05) is 19.4 Å². The Kier molecular flexibility index (Phi) is 3.43. The lowest BCUT2D eigenvalue weighted by Gasteiger charge is -2.13. The van der Waals surface area contributed by atoms with Crippen LogP contribution < -0.4 is 5.32 Å². The molecule has 0 radical (unpaired) electrons. The van der Waals surface area contributed by atoms with Crippen molar-refractivity contribution in [3.05, 3.63) is 34.3 Å². The Hall–Kier alpha value is -1.20. The summed E-state index contributed by atoms with van der Waals surface area (Å²) in [4.78, 5) is 8.80. The third-order valence-electron chi connectivity index (χ3n) is 3.39. The molecule has 2 aromatic heterocycles. The molecule has 0 bridgehead atoms. The fraction of sp³-hybridized carbons (Fsp3) is 0.538. The second kappa shape index (κ2) is 5.20. The number of imidazole rings is 1. The van der Waals surface area contributed by atoms with Crippen molar-refractivity contribution < 1.29 is 0 Å². The molecule has 3 heterocycles. The van der Waals surface area contributed by atoms with Crippen molar-refractivity contribution in [2.75, 3.05) is 6.54 Å². The van der Waals surface area contributed by atoms with E-state index < -0.39 is 0 Å². The summed E-state index contributed by atoms with van der Waals surface area (Å²) in [5.74, 6) is 0. The minimum Gasteiger partial charge on any atom is -0.333 e. The van der Waals surface area contributed by atoms with Crippen molar-refractivity contribution >= 4 is 11.3 Å². The van der Waals surface area contributed by atoms with Gasteiger partial charge >= 0.3 is 0 Å². The van der Waals surface area contributed by atoms with Crippen molar-refractivity contribution in [3.63, 3.8) is 0 Å². The van der Waals surface area contributed by atoms with E-state index in [1.54, 1.807) is 11.3 Å². The molecule has 1 atom stereocenters. The van der Waals surface area contributed by atoms with Crippen LogP contribution in [0.15, 0.2) is 17.9 Å². The summed E-state index contributed by atoms with van der Waals surface area (Å²) in [5, 5.41) is 6.86. The maximum atomic E-state index is 4.51. The first-order valence-electron chi connectivity index (χ1n) is 6.47. The number of thiazole rings is 1. The molecule has 1 aliphatic rings. The van der Waals surface area contributed by atoms with Crippen LogP contribution in [0.4, 0.5) is 0 Å². The molecule has 0 aromatic carbocycles. The van der Waals surface area contributed by atoms with E-state index in [1.165, 1.54) is 23.5 Å². The predicted octanol–water partition coefficient (Wildman–Crippen LogP) is 2.32. The lowest BCUT2D eigenvalue weighted by Crippen LogP contribution is -2.17. The minimum atomic E-state index is 0.491. The van der Waals surface area contributed by atoms with Gasteiger partial charge in [-0.3, -0.25) is 0 Å². The van der Waals surface area contributed by atoms with E-state index in [4.69, 9.17) is 0 Å². The summed E-state index contributed by atoms with van der Waals surface area (Å²) in [6.07, 6.45) is 7.42. The van der Waals surface area contributed by atoms with Crippen LogP contribution in [0.25, 0.3) is 0 Å². The quantitative estimate of drug-likeness (QED) is 0.919. The van der Waals surface area contributed by atoms with Crippen molar-refractivity contribution in [1.29, 1.82) is 0 Å². The van der Waals surface area contributed by atoms with E-state index in [0.717, 1.165) is 25.2 Å². The van der Waals surface area contributed by atoms with Gasteiger partial charge in [0.1, 0.15) is 0 Å². The lowest BCUT2D eigenvalue weighted by atomic mass is 10.2. The Morgan fingerprint density at radius 1 is 1.56 bits per heavy atom. The molecular weight excluding hydrogens is 244 g/mol. The topological polar surface area (TPSA) is 42.7 Å². The van der Waals surface area contributed by atoms with Crippen LogP contribution in [0.5, 0.6) is 0 Å². The Morgan fingerprint density at radius 2 is 2.50 bits per heavy atom. The summed E-state index contributed by atoms with van der Waals surface area (Å²) >= 11 is 1.75. The average Bonchev–Trinajstić information content (AvgIpc) is 3.07. The van der Waals surface area contributed by atoms with Crippen molar-refractivity contribution in [2.45, 2.75) is 38.8 Å². The summed E-state index contributed by atoms with van der Waals surface area (Å²) < 4.78 is 2.26. The fourth-order valence-electron chi connectivity index (χ4n) is 2.48. The maximum Gasteiger partial charge on any atom is 0.0948 e. The number of nitrogens with one attached hydrogen (secondary N) is 1. The predicted molar refractivity (Wildman–Crippen MR) is 72.8 cm³/mol. The van der Waals surface area contributed by atoms with Gasteiger partial charge in [-0.2, -0.15) is 0 Å². The highest BCUT2D eigenvalue weighted by Crippen LogP contribution is 2.23. The maximum absolute atomic E-state index is 4.51. The monoisotopic (exact) mass is 262 g/mol. The highest BCUT2D eigenvalue weighted by Gasteiger charge is 2.19. The summed E-state index contributed by atoms with van der Waals surface area (Å²) in [5.41, 5.74) is 2.44. The Bertz CT molecular complexity index is 511. The molecule has 4 nitrogen and oxygen atoms in total. The zero-order chi connectivity index (χ0) is 12.4. The molecule has 18 heavy (non-hydrogen) atoms. The van der Waals surface area contributed by atoms with E-state index in [2.05, 4.69) is 25.2 Å². The molecule has 1 unspecified atom stereocenters. The standard InChI is InChI=1S/C13H18N4S/c1-10-8-18-13(16-10)4-6-17-9-14-7-12(17)11-3-2-5-15-11/h7-9,11,15H,2-6H2,1H3. The van der Waals surface area contributed by atoms with Crippen LogP contribution in [0.3, 0.4) is 0 Å². The van der Waals surface area contributed by atoms with Gasteiger partial charge in [0.05, 0.1) is 17.0 Å². The van der Waals surface area contributed by atoms with Gasteiger partial charge < -0.3 is 9.88 Å². The van der Waals surface area contributed by atoms with Gasteiger partial charge in [-0.25, -0.2) is 9.97 Å². The molecule has 5 heteroatoms. The first-order chi connectivity index (χ1) is 8.83. The van der Waals surface area contributed by atoms with E-state index in [9.17, 15) is 0 Å². The molecule has 1 N–H and O–H groups in total. The third-order valence-corrected chi connectivity index (χ3v) is 4.42. The van der Waals surface area contributed by atoms with Gasteiger partial charge in [-0.05, 0) is 26.3 Å². The molecule has 96 valence electrons. The van der Waals surface area contributed by atoms with Gasteiger partial charge in [-0.15, -0.1) is 11.3 Å². The first-order valence-corrected chi connectivity index (χ1v) is 7.35. The summed E-state index contributed by atoms with van der Waals surface area (Å²) in [6, 6.07) is 0.491. The largest absolute Gasteiger partial charge is 0.333 e. The average molecular weight is 262 g/mol. The molecule has 0 spiro atoms. The number of hydrogen-bond donors (Lipinski definition) is 1. The highest BCUT2D eigenvalue weighted by atomic mass is 32.1. The van der Waals surface area contributed by atoms with E-state index in [-0.39, 0.29) is 0 Å². The Morgan fingerprint density at radius 3 is 3.22 bits per heavy atom. The van der Waals surface area contributed by atoms with Gasteiger partial charge in [0.25, 0.3) is 0 Å². The molecule has 2 aromatic rings. The van der Waals surface area contributed by atoms with Gasteiger partial charge in [0, 0.05) is 36.3 Å². The van der Waals surface area contributed by atoms with Crippen LogP contribution in [0, 0.1) is 6.92 Å².